The molecule has 24 heavy (non-hydrogen) atoms. The van der Waals surface area contributed by atoms with E-state index in [1.54, 1.807) is 0 Å². The number of rotatable bonds is 3. The molecular weight excluding hydrogens is 350 g/mol. The highest BCUT2D eigenvalue weighted by Crippen LogP contribution is 2.34. The zero-order valence-corrected chi connectivity index (χ0v) is 16.2. The molecule has 3 N–H and O–H groups in total. The van der Waals surface area contributed by atoms with Gasteiger partial charge in [0.05, 0.1) is 18.3 Å². The van der Waals surface area contributed by atoms with Crippen LogP contribution in [0, 0.1) is 0 Å². The number of nitrogens with zero attached hydrogens (tertiary/aromatic N) is 1. The normalized spacial score (nSPS) is 16.9. The summed E-state index contributed by atoms with van der Waals surface area (Å²) in [6, 6.07) is 0. The number of halogens is 1. The molecule has 0 saturated heterocycles. The molecule has 0 atom stereocenters. The van der Waals surface area contributed by atoms with Gasteiger partial charge in [0, 0.05) is 5.41 Å². The average Bonchev–Trinajstić information content (AvgIpc) is 2.91. The van der Waals surface area contributed by atoms with Gasteiger partial charge in [0.25, 0.3) is 0 Å². The SMILES string of the molecule is COC(=O)c1sc(NC(=O)C2(N)CCCCC2)nc1C(C)(C)C.Cl. The Bertz CT molecular complexity index is 604. The van der Waals surface area contributed by atoms with Crippen LogP contribution in [0.15, 0.2) is 0 Å². The van der Waals surface area contributed by atoms with Gasteiger partial charge in [-0.25, -0.2) is 9.78 Å². The molecule has 0 bridgehead atoms. The summed E-state index contributed by atoms with van der Waals surface area (Å²) in [6.07, 6.45) is 4.40. The number of aromatic nitrogens is 1. The lowest BCUT2D eigenvalue weighted by atomic mass is 9.82. The molecule has 0 aromatic carbocycles. The second-order valence-electron chi connectivity index (χ2n) is 7.11. The lowest BCUT2D eigenvalue weighted by Crippen LogP contribution is -2.52. The summed E-state index contributed by atoms with van der Waals surface area (Å²) in [6.45, 7) is 5.89. The van der Waals surface area contributed by atoms with E-state index in [4.69, 9.17) is 10.5 Å². The van der Waals surface area contributed by atoms with E-state index in [0.29, 0.717) is 28.5 Å². The smallest absolute Gasteiger partial charge is 0.350 e. The van der Waals surface area contributed by atoms with Gasteiger partial charge in [-0.1, -0.05) is 51.4 Å². The number of hydrogen-bond acceptors (Lipinski definition) is 6. The van der Waals surface area contributed by atoms with Crippen molar-refractivity contribution in [2.45, 2.75) is 63.8 Å². The minimum atomic E-state index is -0.836. The predicted molar refractivity (Wildman–Crippen MR) is 98.0 cm³/mol. The summed E-state index contributed by atoms with van der Waals surface area (Å²) in [7, 11) is 1.34. The van der Waals surface area contributed by atoms with Crippen LogP contribution in [0.4, 0.5) is 5.13 Å². The van der Waals surface area contributed by atoms with Crippen LogP contribution in [-0.4, -0.2) is 29.5 Å². The number of nitrogens with one attached hydrogen (secondary N) is 1. The van der Waals surface area contributed by atoms with Crippen molar-refractivity contribution >= 4 is 40.8 Å². The summed E-state index contributed by atoms with van der Waals surface area (Å²) in [5, 5.41) is 3.20. The maximum absolute atomic E-state index is 12.5. The summed E-state index contributed by atoms with van der Waals surface area (Å²) in [4.78, 5) is 29.3. The highest BCUT2D eigenvalue weighted by molar-refractivity contribution is 7.17. The zero-order valence-electron chi connectivity index (χ0n) is 14.6. The Kier molecular flexibility index (Phi) is 6.78. The fraction of sp³-hybridized carbons (Fsp3) is 0.688. The van der Waals surface area contributed by atoms with Crippen molar-refractivity contribution in [2.75, 3.05) is 12.4 Å². The molecule has 0 aliphatic heterocycles. The van der Waals surface area contributed by atoms with E-state index in [1.165, 1.54) is 7.11 Å². The largest absolute Gasteiger partial charge is 0.465 e. The standard InChI is InChI=1S/C16H25N3O3S.ClH/c1-15(2,3)11-10(12(20)22-4)23-14(18-11)19-13(21)16(17)8-6-5-7-9-16;/h5-9,17H2,1-4H3,(H,18,19,21);1H. The van der Waals surface area contributed by atoms with Crippen LogP contribution < -0.4 is 11.1 Å². The second kappa shape index (κ2) is 7.80. The first kappa shape index (κ1) is 20.9. The van der Waals surface area contributed by atoms with E-state index in [1.807, 2.05) is 20.8 Å². The summed E-state index contributed by atoms with van der Waals surface area (Å²) < 4.78 is 4.82. The summed E-state index contributed by atoms with van der Waals surface area (Å²) >= 11 is 1.14. The second-order valence-corrected chi connectivity index (χ2v) is 8.11. The Morgan fingerprint density at radius 3 is 2.33 bits per heavy atom. The van der Waals surface area contributed by atoms with Crippen molar-refractivity contribution in [2.24, 2.45) is 5.73 Å². The van der Waals surface area contributed by atoms with Crippen LogP contribution in [0.25, 0.3) is 0 Å². The monoisotopic (exact) mass is 375 g/mol. The van der Waals surface area contributed by atoms with Gasteiger partial charge in [-0.3, -0.25) is 4.79 Å². The van der Waals surface area contributed by atoms with Crippen molar-refractivity contribution < 1.29 is 14.3 Å². The summed E-state index contributed by atoms with van der Waals surface area (Å²) in [5.41, 5.74) is 5.70. The Labute approximate surface area is 153 Å². The Morgan fingerprint density at radius 1 is 1.25 bits per heavy atom. The predicted octanol–water partition coefficient (Wildman–Crippen LogP) is 3.25. The van der Waals surface area contributed by atoms with Crippen molar-refractivity contribution in [1.82, 2.24) is 4.98 Å². The lowest BCUT2D eigenvalue weighted by Gasteiger charge is -2.31. The Balaban J connectivity index is 0.00000288. The first-order valence-corrected chi connectivity index (χ1v) is 8.69. The number of carbonyl (C=O) groups excluding carboxylic acids is 2. The number of thiazole rings is 1. The topological polar surface area (TPSA) is 94.3 Å². The third-order valence-electron chi connectivity index (χ3n) is 4.13. The first-order chi connectivity index (χ1) is 10.7. The number of amides is 1. The molecule has 1 aromatic rings. The number of nitrogens with two attached hydrogens (primary N) is 1. The van der Waals surface area contributed by atoms with Gasteiger partial charge in [-0.15, -0.1) is 12.4 Å². The van der Waals surface area contributed by atoms with Crippen LogP contribution in [-0.2, 0) is 14.9 Å². The van der Waals surface area contributed by atoms with E-state index in [0.717, 1.165) is 30.6 Å². The molecule has 6 nitrogen and oxygen atoms in total. The molecule has 1 heterocycles. The van der Waals surface area contributed by atoms with Crippen LogP contribution in [0.1, 0.15) is 68.2 Å². The van der Waals surface area contributed by atoms with E-state index in [2.05, 4.69) is 10.3 Å². The Hall–Kier alpha value is -1.18. The molecule has 1 aliphatic carbocycles. The molecule has 1 aliphatic rings. The van der Waals surface area contributed by atoms with Crippen molar-refractivity contribution in [3.8, 4) is 0 Å². The molecular formula is C16H26ClN3O3S. The lowest BCUT2D eigenvalue weighted by molar-refractivity contribution is -0.122. The molecule has 1 aromatic heterocycles. The van der Waals surface area contributed by atoms with Crippen LogP contribution in [0.2, 0.25) is 0 Å². The van der Waals surface area contributed by atoms with Gasteiger partial charge in [-0.05, 0) is 12.8 Å². The number of esters is 1. The Morgan fingerprint density at radius 2 is 1.83 bits per heavy atom. The highest BCUT2D eigenvalue weighted by Gasteiger charge is 2.36. The number of carbonyl (C=O) groups is 2. The van der Waals surface area contributed by atoms with Gasteiger partial charge in [0.15, 0.2) is 5.13 Å². The molecule has 0 unspecified atom stereocenters. The van der Waals surface area contributed by atoms with Gasteiger partial charge in [0.2, 0.25) is 5.91 Å². The fourth-order valence-corrected chi connectivity index (χ4v) is 3.83. The van der Waals surface area contributed by atoms with Gasteiger partial charge < -0.3 is 15.8 Å². The zero-order chi connectivity index (χ0) is 17.3. The molecule has 0 spiro atoms. The van der Waals surface area contributed by atoms with Crippen molar-refractivity contribution in [1.29, 1.82) is 0 Å². The molecule has 0 radical (unpaired) electrons. The molecule has 2 rings (SSSR count). The maximum atomic E-state index is 12.5. The molecule has 1 saturated carbocycles. The molecule has 136 valence electrons. The number of ether oxygens (including phenoxy) is 1. The third-order valence-corrected chi connectivity index (χ3v) is 5.08. The number of methoxy groups -OCH3 is 1. The number of anilines is 1. The van der Waals surface area contributed by atoms with Gasteiger partial charge >= 0.3 is 5.97 Å². The van der Waals surface area contributed by atoms with Crippen molar-refractivity contribution in [3.63, 3.8) is 0 Å². The molecule has 1 amide bonds. The average molecular weight is 376 g/mol. The van der Waals surface area contributed by atoms with E-state index < -0.39 is 11.5 Å². The number of hydrogen-bond donors (Lipinski definition) is 2. The maximum Gasteiger partial charge on any atom is 0.350 e. The highest BCUT2D eigenvalue weighted by atomic mass is 35.5. The minimum Gasteiger partial charge on any atom is -0.465 e. The van der Waals surface area contributed by atoms with E-state index >= 15 is 0 Å². The minimum absolute atomic E-state index is 0. The van der Waals surface area contributed by atoms with Crippen LogP contribution >= 0.6 is 23.7 Å². The molecule has 8 heteroatoms. The van der Waals surface area contributed by atoms with E-state index in [9.17, 15) is 9.59 Å². The van der Waals surface area contributed by atoms with Crippen LogP contribution in [0.5, 0.6) is 0 Å². The fourth-order valence-electron chi connectivity index (χ4n) is 2.74. The molecule has 1 fully saturated rings. The van der Waals surface area contributed by atoms with Gasteiger partial charge in [0.1, 0.15) is 4.88 Å². The summed E-state index contributed by atoms with van der Waals surface area (Å²) in [5.74, 6) is -0.657. The van der Waals surface area contributed by atoms with Crippen molar-refractivity contribution in [3.05, 3.63) is 10.6 Å². The van der Waals surface area contributed by atoms with Crippen LogP contribution in [0.3, 0.4) is 0 Å². The third kappa shape index (κ3) is 4.46. The quantitative estimate of drug-likeness (QED) is 0.791. The van der Waals surface area contributed by atoms with E-state index in [-0.39, 0.29) is 23.7 Å². The first-order valence-electron chi connectivity index (χ1n) is 7.87. The van der Waals surface area contributed by atoms with Gasteiger partial charge in [-0.2, -0.15) is 0 Å².